The third-order valence-corrected chi connectivity index (χ3v) is 4.03. The SMILES string of the molecule is CCN(CC)c1ncnc(N(CC)C[C@@H]2CCCO2)c1N. The number of nitrogens with zero attached hydrogens (tertiary/aromatic N) is 4. The van der Waals surface area contributed by atoms with E-state index in [-0.39, 0.29) is 6.10 Å². The lowest BCUT2D eigenvalue weighted by Crippen LogP contribution is -2.34. The van der Waals surface area contributed by atoms with Crippen LogP contribution in [0.15, 0.2) is 6.33 Å². The number of likely N-dealkylation sites (N-methyl/N-ethyl adjacent to an activating group) is 1. The molecule has 0 amide bonds. The van der Waals surface area contributed by atoms with Crippen LogP contribution >= 0.6 is 0 Å². The first-order valence-electron chi connectivity index (χ1n) is 7.93. The van der Waals surface area contributed by atoms with Crippen LogP contribution in [0.5, 0.6) is 0 Å². The number of hydrogen-bond donors (Lipinski definition) is 1. The Labute approximate surface area is 127 Å². The highest BCUT2D eigenvalue weighted by Gasteiger charge is 2.22. The first kappa shape index (κ1) is 15.8. The average molecular weight is 293 g/mol. The van der Waals surface area contributed by atoms with Crippen molar-refractivity contribution in [1.82, 2.24) is 9.97 Å². The Bertz CT molecular complexity index is 444. The molecule has 0 saturated carbocycles. The van der Waals surface area contributed by atoms with Crippen LogP contribution in [0.2, 0.25) is 0 Å². The molecule has 2 rings (SSSR count). The van der Waals surface area contributed by atoms with Gasteiger partial charge in [-0.05, 0) is 33.6 Å². The van der Waals surface area contributed by atoms with Crippen molar-refractivity contribution in [2.24, 2.45) is 0 Å². The largest absolute Gasteiger partial charge is 0.393 e. The number of rotatable bonds is 7. The van der Waals surface area contributed by atoms with Gasteiger partial charge >= 0.3 is 0 Å². The summed E-state index contributed by atoms with van der Waals surface area (Å²) in [5.74, 6) is 1.65. The van der Waals surface area contributed by atoms with Gasteiger partial charge in [-0.1, -0.05) is 0 Å². The van der Waals surface area contributed by atoms with E-state index >= 15 is 0 Å². The maximum absolute atomic E-state index is 6.34. The number of aromatic nitrogens is 2. The molecule has 1 saturated heterocycles. The van der Waals surface area contributed by atoms with E-state index in [1.807, 2.05) is 0 Å². The molecule has 1 aliphatic heterocycles. The van der Waals surface area contributed by atoms with Crippen LogP contribution in [0.4, 0.5) is 17.3 Å². The second-order valence-corrected chi connectivity index (χ2v) is 5.28. The summed E-state index contributed by atoms with van der Waals surface area (Å²) in [6.07, 6.45) is 4.16. The molecule has 1 atom stereocenters. The van der Waals surface area contributed by atoms with Gasteiger partial charge in [-0.25, -0.2) is 9.97 Å². The van der Waals surface area contributed by atoms with E-state index < -0.39 is 0 Å². The minimum absolute atomic E-state index is 0.288. The molecular formula is C15H27N5O. The summed E-state index contributed by atoms with van der Waals surface area (Å²) >= 11 is 0. The molecule has 1 aliphatic rings. The molecule has 0 spiro atoms. The molecule has 0 bridgehead atoms. The molecule has 118 valence electrons. The molecule has 21 heavy (non-hydrogen) atoms. The number of ether oxygens (including phenoxy) is 1. The van der Waals surface area contributed by atoms with E-state index in [1.165, 1.54) is 0 Å². The molecule has 6 heteroatoms. The topological polar surface area (TPSA) is 67.5 Å². The van der Waals surface area contributed by atoms with Crippen LogP contribution in [0.3, 0.4) is 0 Å². The van der Waals surface area contributed by atoms with Crippen molar-refractivity contribution in [2.45, 2.75) is 39.7 Å². The summed E-state index contributed by atoms with van der Waals surface area (Å²) in [4.78, 5) is 13.1. The predicted octanol–water partition coefficient (Wildman–Crippen LogP) is 1.91. The van der Waals surface area contributed by atoms with Crippen LogP contribution in [0, 0.1) is 0 Å². The van der Waals surface area contributed by atoms with Crippen molar-refractivity contribution in [3.63, 3.8) is 0 Å². The Morgan fingerprint density at radius 2 is 1.76 bits per heavy atom. The zero-order valence-corrected chi connectivity index (χ0v) is 13.4. The lowest BCUT2D eigenvalue weighted by Gasteiger charge is -2.28. The second kappa shape index (κ2) is 7.45. The minimum atomic E-state index is 0.288. The Hall–Kier alpha value is -1.56. The molecule has 1 fully saturated rings. The van der Waals surface area contributed by atoms with Gasteiger partial charge in [0.05, 0.1) is 6.10 Å². The quantitative estimate of drug-likeness (QED) is 0.828. The van der Waals surface area contributed by atoms with Crippen molar-refractivity contribution in [1.29, 1.82) is 0 Å². The lowest BCUT2D eigenvalue weighted by molar-refractivity contribution is 0.115. The van der Waals surface area contributed by atoms with Crippen LogP contribution in [-0.4, -0.2) is 48.9 Å². The molecule has 1 aromatic rings. The van der Waals surface area contributed by atoms with E-state index in [1.54, 1.807) is 6.33 Å². The van der Waals surface area contributed by atoms with Crippen molar-refractivity contribution in [2.75, 3.05) is 48.3 Å². The third kappa shape index (κ3) is 3.56. The van der Waals surface area contributed by atoms with E-state index in [0.29, 0.717) is 5.69 Å². The van der Waals surface area contributed by atoms with Gasteiger partial charge in [0.2, 0.25) is 0 Å². The highest BCUT2D eigenvalue weighted by atomic mass is 16.5. The molecule has 2 N–H and O–H groups in total. The van der Waals surface area contributed by atoms with Gasteiger partial charge in [0, 0.05) is 32.8 Å². The maximum Gasteiger partial charge on any atom is 0.157 e. The molecule has 2 heterocycles. The van der Waals surface area contributed by atoms with Crippen LogP contribution in [0.25, 0.3) is 0 Å². The number of nitrogens with two attached hydrogens (primary N) is 1. The van der Waals surface area contributed by atoms with Crippen molar-refractivity contribution in [3.8, 4) is 0 Å². The number of anilines is 3. The highest BCUT2D eigenvalue weighted by Crippen LogP contribution is 2.29. The predicted molar refractivity (Wildman–Crippen MR) is 86.9 cm³/mol. The lowest BCUT2D eigenvalue weighted by atomic mass is 10.2. The first-order valence-corrected chi connectivity index (χ1v) is 7.93. The fourth-order valence-electron chi connectivity index (χ4n) is 2.80. The minimum Gasteiger partial charge on any atom is -0.393 e. The molecule has 0 unspecified atom stereocenters. The summed E-state index contributed by atoms with van der Waals surface area (Å²) in [5.41, 5.74) is 7.00. The van der Waals surface area contributed by atoms with Gasteiger partial charge < -0.3 is 20.3 Å². The van der Waals surface area contributed by atoms with Crippen molar-refractivity contribution >= 4 is 17.3 Å². The zero-order chi connectivity index (χ0) is 15.2. The summed E-state index contributed by atoms with van der Waals surface area (Å²) in [6, 6.07) is 0. The summed E-state index contributed by atoms with van der Waals surface area (Å²) < 4.78 is 5.73. The van der Waals surface area contributed by atoms with Crippen LogP contribution in [0.1, 0.15) is 33.6 Å². The monoisotopic (exact) mass is 293 g/mol. The zero-order valence-electron chi connectivity index (χ0n) is 13.4. The summed E-state index contributed by atoms with van der Waals surface area (Å²) in [6.45, 7) is 10.7. The fraction of sp³-hybridized carbons (Fsp3) is 0.733. The van der Waals surface area contributed by atoms with Gasteiger partial charge in [0.1, 0.15) is 12.0 Å². The van der Waals surface area contributed by atoms with Crippen LogP contribution < -0.4 is 15.5 Å². The van der Waals surface area contributed by atoms with Gasteiger partial charge in [-0.2, -0.15) is 0 Å². The van der Waals surface area contributed by atoms with Crippen molar-refractivity contribution < 1.29 is 4.74 Å². The Morgan fingerprint density at radius 3 is 2.29 bits per heavy atom. The molecule has 1 aromatic heterocycles. The van der Waals surface area contributed by atoms with Crippen molar-refractivity contribution in [3.05, 3.63) is 6.33 Å². The Kier molecular flexibility index (Phi) is 5.61. The summed E-state index contributed by atoms with van der Waals surface area (Å²) in [5, 5.41) is 0. The maximum atomic E-state index is 6.34. The number of nitrogen functional groups attached to an aromatic ring is 1. The number of hydrogen-bond acceptors (Lipinski definition) is 6. The average Bonchev–Trinajstić information content (AvgIpc) is 3.01. The second-order valence-electron chi connectivity index (χ2n) is 5.28. The molecule has 0 aromatic carbocycles. The van der Waals surface area contributed by atoms with E-state index in [0.717, 1.165) is 57.3 Å². The Balaban J connectivity index is 2.22. The van der Waals surface area contributed by atoms with Gasteiger partial charge in [-0.3, -0.25) is 0 Å². The molecule has 6 nitrogen and oxygen atoms in total. The third-order valence-electron chi connectivity index (χ3n) is 4.03. The molecule has 0 radical (unpaired) electrons. The standard InChI is InChI=1S/C15H27N5O/c1-4-19(5-2)14-13(16)15(18-11-17-14)20(6-3)10-12-8-7-9-21-12/h11-12H,4-10,16H2,1-3H3/t12-/m0/s1. The normalized spacial score (nSPS) is 18.0. The van der Waals surface area contributed by atoms with Crippen LogP contribution in [-0.2, 0) is 4.74 Å². The fourth-order valence-corrected chi connectivity index (χ4v) is 2.80. The summed E-state index contributed by atoms with van der Waals surface area (Å²) in [7, 11) is 0. The Morgan fingerprint density at radius 1 is 1.14 bits per heavy atom. The van der Waals surface area contributed by atoms with Gasteiger partial charge in [0.15, 0.2) is 11.6 Å². The van der Waals surface area contributed by atoms with E-state index in [4.69, 9.17) is 10.5 Å². The van der Waals surface area contributed by atoms with E-state index in [2.05, 4.69) is 40.5 Å². The van der Waals surface area contributed by atoms with Gasteiger partial charge in [0.25, 0.3) is 0 Å². The molecular weight excluding hydrogens is 266 g/mol. The van der Waals surface area contributed by atoms with Gasteiger partial charge in [-0.15, -0.1) is 0 Å². The molecule has 0 aliphatic carbocycles. The van der Waals surface area contributed by atoms with E-state index in [9.17, 15) is 0 Å². The highest BCUT2D eigenvalue weighted by molar-refractivity contribution is 5.75. The first-order chi connectivity index (χ1) is 10.2. The smallest absolute Gasteiger partial charge is 0.157 e.